The predicted molar refractivity (Wildman–Crippen MR) is 188 cm³/mol. The molecule has 0 atom stereocenters. The first-order chi connectivity index (χ1) is 21.3. The van der Waals surface area contributed by atoms with Crippen LogP contribution < -0.4 is 20.7 Å². The molecule has 0 saturated heterocycles. The first-order valence-corrected chi connectivity index (χ1v) is 19.5. The van der Waals surface area contributed by atoms with Crippen molar-refractivity contribution in [3.8, 4) is 0 Å². The Morgan fingerprint density at radius 1 is 0.600 bits per heavy atom. The molecule has 0 saturated carbocycles. The van der Waals surface area contributed by atoms with E-state index in [1.165, 1.54) is 0 Å². The lowest BCUT2D eigenvalue weighted by Crippen LogP contribution is -2.75. The summed E-state index contributed by atoms with van der Waals surface area (Å²) in [6.45, 7) is 12.8. The fraction of sp³-hybridized carbons (Fsp3) is 0.316. The molecule has 0 heterocycles. The largest absolute Gasteiger partial charge is 0.477 e. The Balaban J connectivity index is 2.12. The first-order valence-electron chi connectivity index (χ1n) is 15.6. The van der Waals surface area contributed by atoms with Gasteiger partial charge in [-0.05, 0) is 37.2 Å². The number of unbranched alkanes of at least 4 members (excludes halogenated alkanes) is 1. The van der Waals surface area contributed by atoms with Crippen LogP contribution in [0.5, 0.6) is 0 Å². The van der Waals surface area contributed by atoms with Crippen molar-refractivity contribution in [1.29, 1.82) is 0 Å². The summed E-state index contributed by atoms with van der Waals surface area (Å²) in [6, 6.07) is 40.1. The van der Waals surface area contributed by atoms with Gasteiger partial charge < -0.3 is 18.8 Å². The molecule has 4 aromatic rings. The summed E-state index contributed by atoms with van der Waals surface area (Å²) < 4.78 is 15.0. The van der Waals surface area contributed by atoms with Crippen LogP contribution in [0.3, 0.4) is 0 Å². The van der Waals surface area contributed by atoms with E-state index in [-0.39, 0.29) is 12.8 Å². The molecule has 0 radical (unpaired) electrons. The lowest BCUT2D eigenvalue weighted by Gasteiger charge is -2.52. The van der Waals surface area contributed by atoms with Gasteiger partial charge in [-0.1, -0.05) is 163 Å². The van der Waals surface area contributed by atoms with Gasteiger partial charge in [-0.25, -0.2) is 4.79 Å². The van der Waals surface area contributed by atoms with Gasteiger partial charge in [0.25, 0.3) is 22.4 Å². The molecule has 0 aliphatic heterocycles. The number of hydrogen-bond acceptors (Lipinski definition) is 4. The van der Waals surface area contributed by atoms with Crippen molar-refractivity contribution >= 4 is 49.6 Å². The Labute approximate surface area is 270 Å². The van der Waals surface area contributed by atoms with Crippen LogP contribution in [0.25, 0.3) is 0 Å². The third-order valence-electron chi connectivity index (χ3n) is 8.62. The Hall–Kier alpha value is -3.63. The van der Waals surface area contributed by atoms with Crippen LogP contribution in [-0.4, -0.2) is 39.8 Å². The third kappa shape index (κ3) is 6.68. The van der Waals surface area contributed by atoms with Crippen LogP contribution in [0.1, 0.15) is 60.8 Å². The number of aldehydes is 1. The van der Waals surface area contributed by atoms with Crippen LogP contribution >= 0.6 is 0 Å². The second-order valence-corrected chi connectivity index (χ2v) is 22.1. The molecule has 0 bridgehead atoms. The van der Waals surface area contributed by atoms with Gasteiger partial charge in [0.05, 0.1) is 0 Å². The standard InChI is InChI=1S/C38H46O5Si2/c1-36(2,3)44(31-21-11-7-12-22-31,32-23-13-8-14-24-32)42-38(35(40)41,29-19-20-30-39)43-45(37(4,5)6,33-25-15-9-16-26-33)34-27-17-10-18-28-34/h7-18,21-28,30H,19-20,29H2,1-6H3,(H,40,41). The summed E-state index contributed by atoms with van der Waals surface area (Å²) in [5.41, 5.74) is 0. The molecular formula is C38H46O5Si2. The van der Waals surface area contributed by atoms with Crippen LogP contribution in [0.4, 0.5) is 0 Å². The van der Waals surface area contributed by atoms with E-state index in [1.54, 1.807) is 0 Å². The van der Waals surface area contributed by atoms with Crippen molar-refractivity contribution in [2.45, 2.75) is 76.7 Å². The lowest BCUT2D eigenvalue weighted by molar-refractivity contribution is -0.193. The Morgan fingerprint density at radius 2 is 0.889 bits per heavy atom. The number of carboxylic acids is 1. The summed E-state index contributed by atoms with van der Waals surface area (Å²) in [4.78, 5) is 25.7. The van der Waals surface area contributed by atoms with Crippen LogP contribution in [0, 0.1) is 0 Å². The van der Waals surface area contributed by atoms with Crippen LogP contribution in [-0.2, 0) is 18.4 Å². The molecule has 7 heteroatoms. The maximum Gasteiger partial charge on any atom is 0.362 e. The van der Waals surface area contributed by atoms with Crippen molar-refractivity contribution in [3.63, 3.8) is 0 Å². The number of rotatable bonds is 13. The van der Waals surface area contributed by atoms with Crippen molar-refractivity contribution < 1.29 is 23.5 Å². The fourth-order valence-electron chi connectivity index (χ4n) is 6.53. The molecule has 0 aliphatic carbocycles. The molecule has 45 heavy (non-hydrogen) atoms. The van der Waals surface area contributed by atoms with Crippen molar-refractivity contribution in [2.75, 3.05) is 0 Å². The molecule has 0 unspecified atom stereocenters. The Bertz CT molecular complexity index is 1350. The fourth-order valence-corrected chi connectivity index (χ4v) is 15.9. The van der Waals surface area contributed by atoms with E-state index in [4.69, 9.17) is 8.85 Å². The minimum absolute atomic E-state index is 0.00999. The van der Waals surface area contributed by atoms with Crippen molar-refractivity contribution in [2.24, 2.45) is 0 Å². The second-order valence-electron chi connectivity index (χ2n) is 13.6. The van der Waals surface area contributed by atoms with E-state index >= 15 is 0 Å². The summed E-state index contributed by atoms with van der Waals surface area (Å²) >= 11 is 0. The molecule has 5 nitrogen and oxygen atoms in total. The van der Waals surface area contributed by atoms with Gasteiger partial charge >= 0.3 is 5.97 Å². The van der Waals surface area contributed by atoms with E-state index in [0.717, 1.165) is 27.0 Å². The Morgan fingerprint density at radius 3 is 1.11 bits per heavy atom. The van der Waals surface area contributed by atoms with Gasteiger partial charge in [-0.2, -0.15) is 0 Å². The lowest BCUT2D eigenvalue weighted by atomic mass is 10.1. The molecule has 236 valence electrons. The highest BCUT2D eigenvalue weighted by Crippen LogP contribution is 2.45. The van der Waals surface area contributed by atoms with Gasteiger partial charge in [0.15, 0.2) is 0 Å². The van der Waals surface area contributed by atoms with Crippen LogP contribution in [0.15, 0.2) is 121 Å². The minimum atomic E-state index is -3.44. The summed E-state index contributed by atoms with van der Waals surface area (Å²) in [5, 5.41) is 14.3. The average molecular weight is 639 g/mol. The van der Waals surface area contributed by atoms with Gasteiger partial charge in [0.2, 0.25) is 0 Å². The molecule has 0 fully saturated rings. The predicted octanol–water partition coefficient (Wildman–Crippen LogP) is 6.29. The Kier molecular flexibility index (Phi) is 10.5. The van der Waals surface area contributed by atoms with E-state index in [9.17, 15) is 14.7 Å². The number of benzene rings is 4. The number of hydrogen-bond donors (Lipinski definition) is 1. The first kappa shape index (κ1) is 34.3. The number of aliphatic carboxylic acids is 1. The normalized spacial score (nSPS) is 12.9. The van der Waals surface area contributed by atoms with E-state index in [0.29, 0.717) is 6.42 Å². The molecule has 0 amide bonds. The average Bonchev–Trinajstić information content (AvgIpc) is 3.02. The zero-order valence-electron chi connectivity index (χ0n) is 27.3. The second kappa shape index (κ2) is 13.8. The maximum atomic E-state index is 14.1. The van der Waals surface area contributed by atoms with Crippen molar-refractivity contribution in [1.82, 2.24) is 0 Å². The number of carboxylic acid groups (broad SMARTS) is 1. The van der Waals surface area contributed by atoms with Crippen LogP contribution in [0.2, 0.25) is 10.1 Å². The third-order valence-corrected chi connectivity index (χ3v) is 18.7. The highest BCUT2D eigenvalue weighted by Gasteiger charge is 2.62. The van der Waals surface area contributed by atoms with Gasteiger partial charge in [0, 0.05) is 12.8 Å². The van der Waals surface area contributed by atoms with Gasteiger partial charge in [-0.15, -0.1) is 0 Å². The molecule has 1 N–H and O–H groups in total. The van der Waals surface area contributed by atoms with Crippen molar-refractivity contribution in [3.05, 3.63) is 121 Å². The topological polar surface area (TPSA) is 72.8 Å². The molecule has 4 aromatic carbocycles. The zero-order chi connectivity index (χ0) is 32.8. The SMILES string of the molecule is CC(C)(C)[Si](OC(CCCC=O)(O[Si](c1ccccc1)(c1ccccc1)C(C)(C)C)C(=O)O)(c1ccccc1)c1ccccc1. The summed E-state index contributed by atoms with van der Waals surface area (Å²) in [7, 11) is -6.88. The van der Waals surface area contributed by atoms with Gasteiger partial charge in [0.1, 0.15) is 6.29 Å². The highest BCUT2D eigenvalue weighted by atomic mass is 28.4. The molecule has 0 aromatic heterocycles. The highest BCUT2D eigenvalue weighted by molar-refractivity contribution is 7.01. The smallest absolute Gasteiger partial charge is 0.362 e. The number of carbonyl (C=O) groups is 2. The molecule has 0 spiro atoms. The molecule has 4 rings (SSSR count). The summed E-state index contributed by atoms with van der Waals surface area (Å²) in [5.74, 6) is -3.26. The summed E-state index contributed by atoms with van der Waals surface area (Å²) in [6.07, 6.45) is 1.34. The molecule has 0 aliphatic rings. The minimum Gasteiger partial charge on any atom is -0.477 e. The number of carbonyl (C=O) groups excluding carboxylic acids is 1. The zero-order valence-corrected chi connectivity index (χ0v) is 29.3. The van der Waals surface area contributed by atoms with E-state index in [2.05, 4.69) is 41.5 Å². The van der Waals surface area contributed by atoms with Gasteiger partial charge in [-0.3, -0.25) is 0 Å². The monoisotopic (exact) mass is 638 g/mol. The maximum absolute atomic E-state index is 14.1. The van der Waals surface area contributed by atoms with E-state index in [1.807, 2.05) is 121 Å². The molecular weight excluding hydrogens is 593 g/mol. The quantitative estimate of drug-likeness (QED) is 0.0807. The van der Waals surface area contributed by atoms with E-state index < -0.39 is 38.5 Å².